The summed E-state index contributed by atoms with van der Waals surface area (Å²) in [5.41, 5.74) is 0.526. The first-order valence-electron chi connectivity index (χ1n) is 8.96. The zero-order valence-corrected chi connectivity index (χ0v) is 16.3. The zero-order valence-electron chi connectivity index (χ0n) is 15.5. The second kappa shape index (κ2) is 8.49. The van der Waals surface area contributed by atoms with Crippen LogP contribution >= 0.6 is 0 Å². The van der Waals surface area contributed by atoms with Crippen molar-refractivity contribution in [2.24, 2.45) is 5.92 Å². The first-order chi connectivity index (χ1) is 13.4. The van der Waals surface area contributed by atoms with E-state index in [9.17, 15) is 18.0 Å². The van der Waals surface area contributed by atoms with Gasteiger partial charge in [0.15, 0.2) is 0 Å². The van der Waals surface area contributed by atoms with Crippen molar-refractivity contribution in [1.29, 1.82) is 0 Å². The van der Waals surface area contributed by atoms with E-state index in [0.717, 1.165) is 0 Å². The third kappa shape index (κ3) is 4.73. The van der Waals surface area contributed by atoms with Crippen LogP contribution in [-0.2, 0) is 19.6 Å². The lowest BCUT2D eigenvalue weighted by Crippen LogP contribution is -2.43. The summed E-state index contributed by atoms with van der Waals surface area (Å²) < 4.78 is 27.2. The van der Waals surface area contributed by atoms with Crippen LogP contribution in [0.3, 0.4) is 0 Å². The van der Waals surface area contributed by atoms with Gasteiger partial charge in [-0.25, -0.2) is 13.4 Å². The van der Waals surface area contributed by atoms with Crippen molar-refractivity contribution in [3.8, 4) is 0 Å². The fourth-order valence-electron chi connectivity index (χ4n) is 3.10. The summed E-state index contributed by atoms with van der Waals surface area (Å²) in [6, 6.07) is 11.2. The molecule has 0 spiro atoms. The lowest BCUT2D eigenvalue weighted by atomic mass is 9.99. The van der Waals surface area contributed by atoms with Crippen LogP contribution in [0.4, 0.5) is 11.5 Å². The molecular weight excluding hydrogens is 380 g/mol. The molecule has 148 valence electrons. The summed E-state index contributed by atoms with van der Waals surface area (Å²) in [6.45, 7) is 1.87. The Balaban J connectivity index is 1.70. The predicted molar refractivity (Wildman–Crippen MR) is 105 cm³/mol. The number of nitrogens with zero attached hydrogens (tertiary/aromatic N) is 2. The number of carbonyl (C=O) groups is 2. The van der Waals surface area contributed by atoms with Crippen molar-refractivity contribution < 1.29 is 18.0 Å². The molecule has 1 atom stereocenters. The number of amides is 2. The Morgan fingerprint density at radius 2 is 1.86 bits per heavy atom. The third-order valence-corrected chi connectivity index (χ3v) is 6.36. The molecule has 2 amide bonds. The fourth-order valence-corrected chi connectivity index (χ4v) is 4.63. The summed E-state index contributed by atoms with van der Waals surface area (Å²) >= 11 is 0. The van der Waals surface area contributed by atoms with Crippen LogP contribution in [-0.4, -0.2) is 42.6 Å². The zero-order chi connectivity index (χ0) is 20.1. The summed E-state index contributed by atoms with van der Waals surface area (Å²) in [7, 11) is -3.72. The number of nitrogens with one attached hydrogen (secondary N) is 2. The number of hydrogen-bond donors (Lipinski definition) is 2. The molecule has 9 heteroatoms. The standard InChI is InChI=1S/C19H22N4O4S/c1-14(24)21-16-7-9-17(10-8-16)28(26,27)23-12-4-5-15(13-23)19(25)22-18-6-2-3-11-20-18/h2-3,6-11,15H,4-5,12-13H2,1H3,(H,21,24)(H,20,22,25)/t15-/m1/s1. The van der Waals surface area contributed by atoms with Crippen LogP contribution in [0.25, 0.3) is 0 Å². The highest BCUT2D eigenvalue weighted by Gasteiger charge is 2.33. The fraction of sp³-hybridized carbons (Fsp3) is 0.316. The smallest absolute Gasteiger partial charge is 0.243 e. The lowest BCUT2D eigenvalue weighted by Gasteiger charge is -2.31. The molecule has 2 heterocycles. The molecule has 1 fully saturated rings. The Labute approximate surface area is 164 Å². The molecule has 0 bridgehead atoms. The predicted octanol–water partition coefficient (Wildman–Crippen LogP) is 2.08. The van der Waals surface area contributed by atoms with Gasteiger partial charge in [-0.2, -0.15) is 4.31 Å². The third-order valence-electron chi connectivity index (χ3n) is 4.48. The van der Waals surface area contributed by atoms with Crippen molar-refractivity contribution in [2.75, 3.05) is 23.7 Å². The van der Waals surface area contributed by atoms with Crippen molar-refractivity contribution in [3.63, 3.8) is 0 Å². The maximum absolute atomic E-state index is 12.9. The van der Waals surface area contributed by atoms with E-state index in [1.54, 1.807) is 36.5 Å². The average Bonchev–Trinajstić information content (AvgIpc) is 2.69. The van der Waals surface area contributed by atoms with E-state index in [2.05, 4.69) is 15.6 Å². The average molecular weight is 402 g/mol. The summed E-state index contributed by atoms with van der Waals surface area (Å²) in [5, 5.41) is 5.34. The van der Waals surface area contributed by atoms with Crippen molar-refractivity contribution in [2.45, 2.75) is 24.7 Å². The molecule has 8 nitrogen and oxygen atoms in total. The summed E-state index contributed by atoms with van der Waals surface area (Å²) in [5.74, 6) is -0.460. The van der Waals surface area contributed by atoms with Gasteiger partial charge in [-0.1, -0.05) is 6.07 Å². The number of pyridine rings is 1. The monoisotopic (exact) mass is 402 g/mol. The van der Waals surface area contributed by atoms with E-state index in [1.165, 1.54) is 23.4 Å². The minimum atomic E-state index is -3.72. The Bertz CT molecular complexity index is 946. The lowest BCUT2D eigenvalue weighted by molar-refractivity contribution is -0.121. The Morgan fingerprint density at radius 3 is 2.50 bits per heavy atom. The highest BCUT2D eigenvalue weighted by atomic mass is 32.2. The van der Waals surface area contributed by atoms with Crippen LogP contribution in [0, 0.1) is 5.92 Å². The number of rotatable bonds is 5. The highest BCUT2D eigenvalue weighted by molar-refractivity contribution is 7.89. The Hall–Kier alpha value is -2.78. The van der Waals surface area contributed by atoms with Gasteiger partial charge in [-0.3, -0.25) is 9.59 Å². The number of carbonyl (C=O) groups excluding carboxylic acids is 2. The number of anilines is 2. The highest BCUT2D eigenvalue weighted by Crippen LogP contribution is 2.25. The van der Waals surface area contributed by atoms with Crippen molar-refractivity contribution >= 4 is 33.3 Å². The Kier molecular flexibility index (Phi) is 6.05. The van der Waals surface area contributed by atoms with Crippen molar-refractivity contribution in [1.82, 2.24) is 9.29 Å². The minimum absolute atomic E-state index is 0.119. The topological polar surface area (TPSA) is 108 Å². The molecule has 1 aliphatic heterocycles. The number of benzene rings is 1. The molecule has 2 aromatic rings. The molecule has 0 radical (unpaired) electrons. The van der Waals surface area contributed by atoms with Crippen LogP contribution in [0.1, 0.15) is 19.8 Å². The van der Waals surface area contributed by atoms with Gasteiger partial charge >= 0.3 is 0 Å². The molecular formula is C19H22N4O4S. The molecule has 0 unspecified atom stereocenters. The van der Waals surface area contributed by atoms with E-state index < -0.39 is 15.9 Å². The van der Waals surface area contributed by atoms with Gasteiger partial charge < -0.3 is 10.6 Å². The molecule has 1 aromatic heterocycles. The first-order valence-corrected chi connectivity index (χ1v) is 10.4. The van der Waals surface area contributed by atoms with Gasteiger partial charge in [0, 0.05) is 31.9 Å². The number of aromatic nitrogens is 1. The minimum Gasteiger partial charge on any atom is -0.326 e. The summed E-state index contributed by atoms with van der Waals surface area (Å²) in [6.07, 6.45) is 2.80. The molecule has 2 N–H and O–H groups in total. The molecule has 1 saturated heterocycles. The van der Waals surface area contributed by atoms with E-state index in [4.69, 9.17) is 0 Å². The van der Waals surface area contributed by atoms with Gasteiger partial charge in [0.25, 0.3) is 0 Å². The van der Waals surface area contributed by atoms with Gasteiger partial charge in [0.2, 0.25) is 21.8 Å². The molecule has 0 saturated carbocycles. The second-order valence-electron chi connectivity index (χ2n) is 6.61. The summed E-state index contributed by atoms with van der Waals surface area (Å²) in [4.78, 5) is 27.8. The maximum atomic E-state index is 12.9. The van der Waals surface area contributed by atoms with Crippen LogP contribution < -0.4 is 10.6 Å². The number of piperidine rings is 1. The quantitative estimate of drug-likeness (QED) is 0.796. The molecule has 1 aliphatic rings. The first kappa shape index (κ1) is 20.0. The van der Waals surface area contributed by atoms with Gasteiger partial charge in [0.05, 0.1) is 10.8 Å². The normalized spacial score (nSPS) is 17.7. The second-order valence-corrected chi connectivity index (χ2v) is 8.55. The van der Waals surface area contributed by atoms with E-state index in [1.807, 2.05) is 0 Å². The largest absolute Gasteiger partial charge is 0.326 e. The van der Waals surface area contributed by atoms with Gasteiger partial charge in [-0.05, 0) is 49.2 Å². The van der Waals surface area contributed by atoms with Crippen LogP contribution in [0.2, 0.25) is 0 Å². The molecule has 0 aliphatic carbocycles. The van der Waals surface area contributed by atoms with Crippen LogP contribution in [0.15, 0.2) is 53.6 Å². The van der Waals surface area contributed by atoms with E-state index >= 15 is 0 Å². The molecule has 28 heavy (non-hydrogen) atoms. The van der Waals surface area contributed by atoms with Crippen molar-refractivity contribution in [3.05, 3.63) is 48.7 Å². The SMILES string of the molecule is CC(=O)Nc1ccc(S(=O)(=O)N2CCC[C@@H](C(=O)Nc3ccccn3)C2)cc1. The molecule has 3 rings (SSSR count). The van der Waals surface area contributed by atoms with E-state index in [0.29, 0.717) is 30.9 Å². The van der Waals surface area contributed by atoms with Gasteiger partial charge in [-0.15, -0.1) is 0 Å². The Morgan fingerprint density at radius 1 is 1.11 bits per heavy atom. The van der Waals surface area contributed by atoms with Crippen LogP contribution in [0.5, 0.6) is 0 Å². The number of hydrogen-bond acceptors (Lipinski definition) is 5. The number of sulfonamides is 1. The molecule has 1 aromatic carbocycles. The van der Waals surface area contributed by atoms with Gasteiger partial charge in [0.1, 0.15) is 5.82 Å². The maximum Gasteiger partial charge on any atom is 0.243 e. The van der Waals surface area contributed by atoms with E-state index in [-0.39, 0.29) is 23.3 Å².